The number of benzene rings is 1. The molecule has 0 spiro atoms. The largest absolute Gasteiger partial charge is 0.338 e. The number of rotatable bonds is 2. The minimum Gasteiger partial charge on any atom is -0.338 e. The maximum Gasteiger partial charge on any atom is 0.253 e. The number of halogens is 1. The Morgan fingerprint density at radius 1 is 1.56 bits per heavy atom. The highest BCUT2D eigenvalue weighted by Crippen LogP contribution is 2.22. The highest BCUT2D eigenvalue weighted by atomic mass is 32.1. The van der Waals surface area contributed by atoms with Gasteiger partial charge in [0.05, 0.1) is 0 Å². The Morgan fingerprint density at radius 2 is 2.33 bits per heavy atom. The summed E-state index contributed by atoms with van der Waals surface area (Å²) in [6, 6.07) is 4.35. The highest BCUT2D eigenvalue weighted by molar-refractivity contribution is 7.80. The van der Waals surface area contributed by atoms with Crippen molar-refractivity contribution in [3.8, 4) is 0 Å². The van der Waals surface area contributed by atoms with Gasteiger partial charge in [-0.25, -0.2) is 4.39 Å². The van der Waals surface area contributed by atoms with Gasteiger partial charge in [0.2, 0.25) is 0 Å². The SMILES string of the molecule is CCC1CCCN(C(=O)c2ccc(F)c(S)c2)C1. The Hall–Kier alpha value is -1.03. The first-order chi connectivity index (χ1) is 8.61. The topological polar surface area (TPSA) is 20.3 Å². The number of hydrogen-bond donors (Lipinski definition) is 1. The quantitative estimate of drug-likeness (QED) is 0.815. The minimum atomic E-state index is -0.389. The van der Waals surface area contributed by atoms with Crippen molar-refractivity contribution >= 4 is 18.5 Å². The van der Waals surface area contributed by atoms with Gasteiger partial charge in [0, 0.05) is 23.5 Å². The lowest BCUT2D eigenvalue weighted by molar-refractivity contribution is 0.0671. The summed E-state index contributed by atoms with van der Waals surface area (Å²) in [5, 5.41) is 0. The molecule has 0 aliphatic carbocycles. The van der Waals surface area contributed by atoms with E-state index in [-0.39, 0.29) is 16.6 Å². The zero-order chi connectivity index (χ0) is 13.1. The van der Waals surface area contributed by atoms with Crippen LogP contribution in [0.15, 0.2) is 23.1 Å². The molecule has 1 amide bonds. The van der Waals surface area contributed by atoms with Crippen molar-refractivity contribution < 1.29 is 9.18 Å². The molecule has 1 aromatic carbocycles. The lowest BCUT2D eigenvalue weighted by atomic mass is 9.95. The fourth-order valence-corrected chi connectivity index (χ4v) is 2.62. The number of thiol groups is 1. The monoisotopic (exact) mass is 267 g/mol. The lowest BCUT2D eigenvalue weighted by Gasteiger charge is -2.32. The molecular weight excluding hydrogens is 249 g/mol. The number of carbonyl (C=O) groups is 1. The van der Waals surface area contributed by atoms with Crippen LogP contribution < -0.4 is 0 Å². The van der Waals surface area contributed by atoms with E-state index in [0.717, 1.165) is 25.9 Å². The van der Waals surface area contributed by atoms with Gasteiger partial charge in [-0.2, -0.15) is 0 Å². The molecule has 18 heavy (non-hydrogen) atoms. The van der Waals surface area contributed by atoms with Gasteiger partial charge in [-0.05, 0) is 37.0 Å². The number of amides is 1. The summed E-state index contributed by atoms with van der Waals surface area (Å²) < 4.78 is 13.1. The van der Waals surface area contributed by atoms with Crippen LogP contribution in [0.25, 0.3) is 0 Å². The van der Waals surface area contributed by atoms with Crippen LogP contribution in [0.1, 0.15) is 36.5 Å². The van der Waals surface area contributed by atoms with E-state index in [1.165, 1.54) is 24.6 Å². The molecule has 4 heteroatoms. The van der Waals surface area contributed by atoms with Gasteiger partial charge < -0.3 is 4.90 Å². The molecule has 1 heterocycles. The Labute approximate surface area is 113 Å². The van der Waals surface area contributed by atoms with Crippen LogP contribution in [-0.4, -0.2) is 23.9 Å². The van der Waals surface area contributed by atoms with E-state index in [4.69, 9.17) is 0 Å². The predicted molar refractivity (Wildman–Crippen MR) is 72.6 cm³/mol. The molecule has 0 radical (unpaired) electrons. The zero-order valence-electron chi connectivity index (χ0n) is 10.5. The van der Waals surface area contributed by atoms with Crippen LogP contribution in [0.5, 0.6) is 0 Å². The van der Waals surface area contributed by atoms with E-state index in [2.05, 4.69) is 19.6 Å². The fraction of sp³-hybridized carbons (Fsp3) is 0.500. The van der Waals surface area contributed by atoms with Crippen LogP contribution in [-0.2, 0) is 0 Å². The maximum absolute atomic E-state index is 13.1. The predicted octanol–water partition coefficient (Wildman–Crippen LogP) is 3.38. The van der Waals surface area contributed by atoms with Crippen LogP contribution >= 0.6 is 12.6 Å². The van der Waals surface area contributed by atoms with Gasteiger partial charge in [-0.3, -0.25) is 4.79 Å². The van der Waals surface area contributed by atoms with Crippen molar-refractivity contribution in [3.05, 3.63) is 29.6 Å². The number of piperidine rings is 1. The highest BCUT2D eigenvalue weighted by Gasteiger charge is 2.23. The summed E-state index contributed by atoms with van der Waals surface area (Å²) in [5.74, 6) is 0.196. The molecule has 1 aliphatic rings. The van der Waals surface area contributed by atoms with E-state index < -0.39 is 0 Å². The van der Waals surface area contributed by atoms with Gasteiger partial charge in [0.1, 0.15) is 5.82 Å². The van der Waals surface area contributed by atoms with Crippen molar-refractivity contribution in [1.29, 1.82) is 0 Å². The molecule has 1 unspecified atom stereocenters. The average molecular weight is 267 g/mol. The fourth-order valence-electron chi connectivity index (χ4n) is 2.41. The number of hydrogen-bond acceptors (Lipinski definition) is 2. The summed E-state index contributed by atoms with van der Waals surface area (Å²) in [6.07, 6.45) is 3.35. The Balaban J connectivity index is 2.12. The van der Waals surface area contributed by atoms with Crippen molar-refractivity contribution in [1.82, 2.24) is 4.90 Å². The summed E-state index contributed by atoms with van der Waals surface area (Å²) in [4.78, 5) is 14.4. The molecule has 1 aromatic rings. The molecule has 1 atom stereocenters. The molecule has 0 saturated carbocycles. The molecule has 0 aromatic heterocycles. The lowest BCUT2D eigenvalue weighted by Crippen LogP contribution is -2.39. The van der Waals surface area contributed by atoms with E-state index in [0.29, 0.717) is 11.5 Å². The second-order valence-electron chi connectivity index (χ2n) is 4.83. The van der Waals surface area contributed by atoms with Gasteiger partial charge in [-0.1, -0.05) is 13.3 Å². The Kier molecular flexibility index (Phi) is 4.27. The van der Waals surface area contributed by atoms with E-state index in [1.807, 2.05) is 4.90 Å². The number of likely N-dealkylation sites (tertiary alicyclic amines) is 1. The first kappa shape index (κ1) is 13.4. The van der Waals surface area contributed by atoms with Crippen LogP contribution in [0.3, 0.4) is 0 Å². The molecule has 1 aliphatic heterocycles. The first-order valence-corrected chi connectivity index (χ1v) is 6.84. The van der Waals surface area contributed by atoms with Gasteiger partial charge in [-0.15, -0.1) is 12.6 Å². The number of carbonyl (C=O) groups excluding carboxylic acids is 1. The molecule has 0 bridgehead atoms. The second-order valence-corrected chi connectivity index (χ2v) is 5.32. The van der Waals surface area contributed by atoms with E-state index in [1.54, 1.807) is 0 Å². The average Bonchev–Trinajstić information content (AvgIpc) is 2.41. The third-order valence-electron chi connectivity index (χ3n) is 3.58. The Morgan fingerprint density at radius 3 is 3.00 bits per heavy atom. The Bertz CT molecular complexity index is 449. The smallest absolute Gasteiger partial charge is 0.253 e. The first-order valence-electron chi connectivity index (χ1n) is 6.39. The summed E-state index contributed by atoms with van der Waals surface area (Å²) in [6.45, 7) is 3.77. The zero-order valence-corrected chi connectivity index (χ0v) is 11.4. The summed E-state index contributed by atoms with van der Waals surface area (Å²) >= 11 is 4.02. The molecule has 1 fully saturated rings. The molecular formula is C14H18FNOS. The third kappa shape index (κ3) is 2.86. The van der Waals surface area contributed by atoms with Crippen molar-refractivity contribution in [2.24, 2.45) is 5.92 Å². The normalized spacial score (nSPS) is 19.9. The minimum absolute atomic E-state index is 0.0107. The second kappa shape index (κ2) is 5.74. The summed E-state index contributed by atoms with van der Waals surface area (Å²) in [7, 11) is 0. The van der Waals surface area contributed by atoms with E-state index in [9.17, 15) is 9.18 Å². The third-order valence-corrected chi connectivity index (χ3v) is 3.92. The van der Waals surface area contributed by atoms with Crippen LogP contribution in [0.4, 0.5) is 4.39 Å². The molecule has 0 N–H and O–H groups in total. The maximum atomic E-state index is 13.1. The van der Waals surface area contributed by atoms with Crippen molar-refractivity contribution in [2.75, 3.05) is 13.1 Å². The molecule has 2 nitrogen and oxygen atoms in total. The van der Waals surface area contributed by atoms with Gasteiger partial charge in [0.15, 0.2) is 0 Å². The van der Waals surface area contributed by atoms with Gasteiger partial charge in [0.25, 0.3) is 5.91 Å². The van der Waals surface area contributed by atoms with Crippen molar-refractivity contribution in [2.45, 2.75) is 31.1 Å². The number of nitrogens with zero attached hydrogens (tertiary/aromatic N) is 1. The van der Waals surface area contributed by atoms with Crippen LogP contribution in [0.2, 0.25) is 0 Å². The van der Waals surface area contributed by atoms with Crippen molar-refractivity contribution in [3.63, 3.8) is 0 Å². The van der Waals surface area contributed by atoms with E-state index >= 15 is 0 Å². The molecule has 2 rings (SSSR count). The molecule has 98 valence electrons. The standard InChI is InChI=1S/C14H18FNOS/c1-2-10-4-3-7-16(9-10)14(17)11-5-6-12(15)13(18)8-11/h5-6,8,10,18H,2-4,7,9H2,1H3. The summed E-state index contributed by atoms with van der Waals surface area (Å²) in [5.41, 5.74) is 0.526. The van der Waals surface area contributed by atoms with Gasteiger partial charge >= 0.3 is 0 Å². The van der Waals surface area contributed by atoms with Crippen LogP contribution in [0, 0.1) is 11.7 Å². The molecule has 1 saturated heterocycles.